The number of carbonyl (C=O) groups excluding carboxylic acids is 2. The lowest BCUT2D eigenvalue weighted by atomic mass is 10.00. The van der Waals surface area contributed by atoms with Gasteiger partial charge in [0.05, 0.1) is 11.0 Å². The van der Waals surface area contributed by atoms with Gasteiger partial charge in [-0.15, -0.1) is 0 Å². The van der Waals surface area contributed by atoms with Gasteiger partial charge in [-0.2, -0.15) is 0 Å². The lowest BCUT2D eigenvalue weighted by Gasteiger charge is -2.21. The van der Waals surface area contributed by atoms with E-state index in [0.717, 1.165) is 0 Å². The summed E-state index contributed by atoms with van der Waals surface area (Å²) in [5, 5.41) is 2.17. The zero-order valence-corrected chi connectivity index (χ0v) is 15.5. The summed E-state index contributed by atoms with van der Waals surface area (Å²) < 4.78 is 40.3. The Hall–Kier alpha value is -2.33. The summed E-state index contributed by atoms with van der Waals surface area (Å²) in [6, 6.07) is 4.28. The van der Waals surface area contributed by atoms with Crippen LogP contribution < -0.4 is 14.8 Å². The smallest absolute Gasteiger partial charge is 0.251 e. The number of hydrogen-bond donors (Lipinski definition) is 1. The Labute approximate surface area is 156 Å². The monoisotopic (exact) mass is 396 g/mol. The van der Waals surface area contributed by atoms with Gasteiger partial charge < -0.3 is 24.4 Å². The van der Waals surface area contributed by atoms with Gasteiger partial charge in [0, 0.05) is 37.7 Å². The van der Waals surface area contributed by atoms with Crippen LogP contribution in [0.25, 0.3) is 0 Å². The first-order valence-electron chi connectivity index (χ1n) is 8.58. The highest BCUT2D eigenvalue weighted by atomic mass is 32.2. The number of methoxy groups -OCH3 is 1. The molecule has 2 fully saturated rings. The van der Waals surface area contributed by atoms with E-state index < -0.39 is 21.1 Å². The maximum Gasteiger partial charge on any atom is 0.251 e. The average Bonchev–Trinajstić information content (AvgIpc) is 3.31. The summed E-state index contributed by atoms with van der Waals surface area (Å²) >= 11 is 0. The molecular weight excluding hydrogens is 376 g/mol. The highest BCUT2D eigenvalue weighted by Gasteiger charge is 2.53. The average molecular weight is 396 g/mol. The van der Waals surface area contributed by atoms with Crippen molar-refractivity contribution in [2.75, 3.05) is 39.4 Å². The molecule has 0 radical (unpaired) electrons. The van der Waals surface area contributed by atoms with Crippen LogP contribution in [0.15, 0.2) is 18.2 Å². The van der Waals surface area contributed by atoms with Crippen LogP contribution in [0, 0.1) is 5.92 Å². The van der Waals surface area contributed by atoms with E-state index in [-0.39, 0.29) is 50.0 Å². The molecule has 0 unspecified atom stereocenters. The first-order chi connectivity index (χ1) is 12.9. The summed E-state index contributed by atoms with van der Waals surface area (Å²) in [4.78, 5) is 26.1. The van der Waals surface area contributed by atoms with Gasteiger partial charge in [0.1, 0.15) is 6.61 Å². The van der Waals surface area contributed by atoms with E-state index in [1.165, 1.54) is 12.0 Å². The van der Waals surface area contributed by atoms with Crippen molar-refractivity contribution >= 4 is 21.7 Å². The summed E-state index contributed by atoms with van der Waals surface area (Å²) in [7, 11) is -1.97. The predicted molar refractivity (Wildman–Crippen MR) is 93.3 cm³/mol. The molecule has 10 heteroatoms. The molecule has 27 heavy (non-hydrogen) atoms. The molecule has 1 N–H and O–H groups in total. The normalized spacial score (nSPS) is 27.4. The van der Waals surface area contributed by atoms with Crippen LogP contribution in [0.3, 0.4) is 0 Å². The molecule has 3 heterocycles. The number of nitrogens with one attached hydrogen (secondary N) is 1. The molecule has 146 valence electrons. The number of fused-ring (bicyclic) bond motifs is 2. The number of likely N-dealkylation sites (tertiary alicyclic amines) is 1. The molecule has 1 aromatic carbocycles. The fourth-order valence-corrected chi connectivity index (χ4v) is 6.21. The Morgan fingerprint density at radius 3 is 2.81 bits per heavy atom. The number of sulfone groups is 1. The third-order valence-electron chi connectivity index (χ3n) is 5.27. The van der Waals surface area contributed by atoms with E-state index in [1.54, 1.807) is 18.2 Å². The van der Waals surface area contributed by atoms with Crippen LogP contribution in [0.2, 0.25) is 0 Å². The Morgan fingerprint density at radius 1 is 1.26 bits per heavy atom. The van der Waals surface area contributed by atoms with Gasteiger partial charge in [-0.05, 0) is 18.2 Å². The first-order valence-corrected chi connectivity index (χ1v) is 10.3. The number of rotatable bonds is 4. The van der Waals surface area contributed by atoms with Crippen molar-refractivity contribution in [3.8, 4) is 11.5 Å². The highest BCUT2D eigenvalue weighted by molar-refractivity contribution is 7.92. The molecule has 9 nitrogen and oxygen atoms in total. The zero-order valence-electron chi connectivity index (χ0n) is 14.7. The van der Waals surface area contributed by atoms with Crippen molar-refractivity contribution in [1.82, 2.24) is 10.2 Å². The molecule has 0 spiro atoms. The minimum atomic E-state index is -3.39. The van der Waals surface area contributed by atoms with Crippen LogP contribution in [0.4, 0.5) is 0 Å². The summed E-state index contributed by atoms with van der Waals surface area (Å²) in [6.45, 7) is 0.452. The number of nitrogens with zero attached hydrogens (tertiary/aromatic N) is 1. The zero-order chi connectivity index (χ0) is 19.2. The molecule has 1 aromatic rings. The van der Waals surface area contributed by atoms with E-state index in [4.69, 9.17) is 14.2 Å². The standard InChI is InChI=1S/C17H20N2O7S/c1-24-7-16(20)19-5-11-12(8-27(22,23)15(11)6-19)18-17(21)10-2-3-13-14(4-10)26-9-25-13/h2-4,11-12,15H,5-9H2,1H3,(H,18,21)/t11-,12-,15-/m0/s1. The van der Waals surface area contributed by atoms with E-state index >= 15 is 0 Å². The second kappa shape index (κ2) is 6.68. The van der Waals surface area contributed by atoms with Crippen LogP contribution in [-0.4, -0.2) is 75.8 Å². The van der Waals surface area contributed by atoms with Crippen molar-refractivity contribution in [2.45, 2.75) is 11.3 Å². The number of benzene rings is 1. The Bertz CT molecular complexity index is 885. The fraction of sp³-hybridized carbons (Fsp3) is 0.529. The van der Waals surface area contributed by atoms with Crippen LogP contribution >= 0.6 is 0 Å². The van der Waals surface area contributed by atoms with Gasteiger partial charge in [0.2, 0.25) is 12.7 Å². The molecule has 0 bridgehead atoms. The third-order valence-corrected chi connectivity index (χ3v) is 7.52. The minimum Gasteiger partial charge on any atom is -0.454 e. The molecule has 0 aromatic heterocycles. The predicted octanol–water partition coefficient (Wildman–Crippen LogP) is -0.584. The number of hydrogen-bond acceptors (Lipinski definition) is 7. The van der Waals surface area contributed by atoms with Gasteiger partial charge in [0.15, 0.2) is 21.3 Å². The van der Waals surface area contributed by atoms with Crippen molar-refractivity contribution in [3.63, 3.8) is 0 Å². The van der Waals surface area contributed by atoms with E-state index in [9.17, 15) is 18.0 Å². The fourth-order valence-electron chi connectivity index (χ4n) is 3.92. The van der Waals surface area contributed by atoms with E-state index in [0.29, 0.717) is 17.1 Å². The van der Waals surface area contributed by atoms with Crippen molar-refractivity contribution in [1.29, 1.82) is 0 Å². The molecular formula is C17H20N2O7S. The van der Waals surface area contributed by atoms with E-state index in [1.807, 2.05) is 0 Å². The summed E-state index contributed by atoms with van der Waals surface area (Å²) in [5.74, 6) is -0.0206. The first kappa shape index (κ1) is 18.1. The molecule has 3 atom stereocenters. The number of ether oxygens (including phenoxy) is 3. The van der Waals surface area contributed by atoms with Gasteiger partial charge in [-0.25, -0.2) is 8.42 Å². The highest BCUT2D eigenvalue weighted by Crippen LogP contribution is 2.35. The third kappa shape index (κ3) is 3.23. The lowest BCUT2D eigenvalue weighted by Crippen LogP contribution is -2.43. The maximum absolute atomic E-state index is 12.6. The second-order valence-electron chi connectivity index (χ2n) is 6.91. The molecule has 2 saturated heterocycles. The largest absolute Gasteiger partial charge is 0.454 e. The van der Waals surface area contributed by atoms with Gasteiger partial charge in [-0.3, -0.25) is 9.59 Å². The molecule has 3 aliphatic heterocycles. The van der Waals surface area contributed by atoms with Crippen LogP contribution in [0.5, 0.6) is 11.5 Å². The SMILES string of the molecule is COCC(=O)N1C[C@H]2[C@@H](NC(=O)c3ccc4c(c3)OCO4)CS(=O)(=O)[C@H]2C1. The Kier molecular flexibility index (Phi) is 4.47. The van der Waals surface area contributed by atoms with Crippen molar-refractivity contribution < 1.29 is 32.2 Å². The summed E-state index contributed by atoms with van der Waals surface area (Å²) in [5.41, 5.74) is 0.366. The Balaban J connectivity index is 1.49. The number of amides is 2. The second-order valence-corrected chi connectivity index (χ2v) is 9.18. The number of carbonyl (C=O) groups is 2. The van der Waals surface area contributed by atoms with E-state index in [2.05, 4.69) is 5.32 Å². The van der Waals surface area contributed by atoms with Crippen molar-refractivity contribution in [3.05, 3.63) is 23.8 Å². The molecule has 0 saturated carbocycles. The van der Waals surface area contributed by atoms with Gasteiger partial charge in [-0.1, -0.05) is 0 Å². The van der Waals surface area contributed by atoms with Crippen LogP contribution in [-0.2, 0) is 19.4 Å². The maximum atomic E-state index is 12.6. The molecule has 4 rings (SSSR count). The van der Waals surface area contributed by atoms with Crippen molar-refractivity contribution in [2.24, 2.45) is 5.92 Å². The van der Waals surface area contributed by atoms with Gasteiger partial charge in [0.25, 0.3) is 5.91 Å². The minimum absolute atomic E-state index is 0.0896. The topological polar surface area (TPSA) is 111 Å². The van der Waals surface area contributed by atoms with Crippen LogP contribution in [0.1, 0.15) is 10.4 Å². The Morgan fingerprint density at radius 2 is 2.04 bits per heavy atom. The molecule has 3 aliphatic rings. The van der Waals surface area contributed by atoms with Gasteiger partial charge >= 0.3 is 0 Å². The lowest BCUT2D eigenvalue weighted by molar-refractivity contribution is -0.134. The molecule has 0 aliphatic carbocycles. The summed E-state index contributed by atoms with van der Waals surface area (Å²) in [6.07, 6.45) is 0. The molecule has 2 amide bonds. The quantitative estimate of drug-likeness (QED) is 0.724.